The highest BCUT2D eigenvalue weighted by Crippen LogP contribution is 2.23. The van der Waals surface area contributed by atoms with Crippen molar-refractivity contribution < 1.29 is 9.53 Å². The van der Waals surface area contributed by atoms with E-state index in [9.17, 15) is 4.79 Å². The number of carbonyl (C=O) groups is 1. The molecule has 1 atom stereocenters. The number of thioether (sulfide) groups is 1. The fourth-order valence-electron chi connectivity index (χ4n) is 1.37. The van der Waals surface area contributed by atoms with E-state index in [4.69, 9.17) is 0 Å². The van der Waals surface area contributed by atoms with Crippen LogP contribution in [0, 0.1) is 0 Å². The topological polar surface area (TPSA) is 38.7 Å². The molecule has 2 rings (SSSR count). The first-order valence-electron chi connectivity index (χ1n) is 4.65. The summed E-state index contributed by atoms with van der Waals surface area (Å²) >= 11 is 1.60. The van der Waals surface area contributed by atoms with Gasteiger partial charge in [-0.25, -0.2) is 4.79 Å². The molecular formula is C11H11NO2S. The number of hydrogen-bond donors (Lipinski definition) is 0. The van der Waals surface area contributed by atoms with Gasteiger partial charge >= 0.3 is 5.97 Å². The molecule has 0 aromatic heterocycles. The Hall–Kier alpha value is -1.29. The molecule has 0 unspecified atom stereocenters. The number of esters is 1. The Morgan fingerprint density at radius 2 is 2.20 bits per heavy atom. The van der Waals surface area contributed by atoms with E-state index < -0.39 is 0 Å². The molecule has 0 radical (unpaired) electrons. The van der Waals surface area contributed by atoms with Crippen LogP contribution in [0.3, 0.4) is 0 Å². The van der Waals surface area contributed by atoms with E-state index in [-0.39, 0.29) is 12.0 Å². The Morgan fingerprint density at radius 1 is 1.47 bits per heavy atom. The highest BCUT2D eigenvalue weighted by Gasteiger charge is 2.25. The van der Waals surface area contributed by atoms with Crippen LogP contribution in [-0.2, 0) is 9.53 Å². The molecule has 15 heavy (non-hydrogen) atoms. The van der Waals surface area contributed by atoms with Gasteiger partial charge in [-0.2, -0.15) is 0 Å². The lowest BCUT2D eigenvalue weighted by atomic mass is 10.2. The first kappa shape index (κ1) is 10.2. The Bertz CT molecular complexity index is 389. The van der Waals surface area contributed by atoms with E-state index >= 15 is 0 Å². The predicted octanol–water partition coefficient (Wildman–Crippen LogP) is 1.72. The SMILES string of the molecule is COC(=O)[C@H]1CSC(c2ccccc2)=N1. The molecule has 3 nitrogen and oxygen atoms in total. The van der Waals surface area contributed by atoms with E-state index in [1.54, 1.807) is 11.8 Å². The van der Waals surface area contributed by atoms with Gasteiger partial charge in [-0.1, -0.05) is 30.3 Å². The largest absolute Gasteiger partial charge is 0.467 e. The van der Waals surface area contributed by atoms with Crippen LogP contribution in [0.5, 0.6) is 0 Å². The maximum absolute atomic E-state index is 11.2. The van der Waals surface area contributed by atoms with Crippen molar-refractivity contribution in [2.24, 2.45) is 4.99 Å². The molecule has 0 saturated carbocycles. The fraction of sp³-hybridized carbons (Fsp3) is 0.273. The lowest BCUT2D eigenvalue weighted by Gasteiger charge is -2.00. The third-order valence-electron chi connectivity index (χ3n) is 2.15. The van der Waals surface area contributed by atoms with Crippen LogP contribution in [0.1, 0.15) is 5.56 Å². The zero-order valence-corrected chi connectivity index (χ0v) is 9.16. The minimum Gasteiger partial charge on any atom is -0.467 e. The molecule has 0 spiro atoms. The molecule has 0 N–H and O–H groups in total. The van der Waals surface area contributed by atoms with Gasteiger partial charge in [-0.15, -0.1) is 11.8 Å². The number of hydrogen-bond acceptors (Lipinski definition) is 4. The lowest BCUT2D eigenvalue weighted by Crippen LogP contribution is -2.19. The molecule has 0 saturated heterocycles. The maximum atomic E-state index is 11.2. The fourth-order valence-corrected chi connectivity index (χ4v) is 2.40. The van der Waals surface area contributed by atoms with Crippen molar-refractivity contribution in [2.75, 3.05) is 12.9 Å². The standard InChI is InChI=1S/C11H11NO2S/c1-14-11(13)9-7-15-10(12-9)8-5-3-2-4-6-8/h2-6,9H,7H2,1H3/t9-/m1/s1. The minimum atomic E-state index is -0.338. The van der Waals surface area contributed by atoms with Crippen molar-refractivity contribution in [3.8, 4) is 0 Å². The smallest absolute Gasteiger partial charge is 0.331 e. The second-order valence-electron chi connectivity index (χ2n) is 3.15. The second kappa shape index (κ2) is 4.49. The Labute approximate surface area is 92.5 Å². The summed E-state index contributed by atoms with van der Waals surface area (Å²) in [5, 5.41) is 0.922. The number of nitrogens with zero attached hydrogens (tertiary/aromatic N) is 1. The molecule has 0 bridgehead atoms. The van der Waals surface area contributed by atoms with Crippen molar-refractivity contribution >= 4 is 22.8 Å². The summed E-state index contributed by atoms with van der Waals surface area (Å²) in [7, 11) is 1.39. The monoisotopic (exact) mass is 221 g/mol. The molecule has 1 aromatic rings. The Kier molecular flexibility index (Phi) is 3.06. The van der Waals surface area contributed by atoms with E-state index in [0.717, 1.165) is 10.6 Å². The van der Waals surface area contributed by atoms with Gasteiger partial charge in [-0.3, -0.25) is 4.99 Å². The van der Waals surface area contributed by atoms with Gasteiger partial charge in [0, 0.05) is 11.3 Å². The molecule has 0 fully saturated rings. The van der Waals surface area contributed by atoms with Crippen molar-refractivity contribution in [1.82, 2.24) is 0 Å². The summed E-state index contributed by atoms with van der Waals surface area (Å²) in [5.74, 6) is 0.421. The molecule has 1 heterocycles. The third-order valence-corrected chi connectivity index (χ3v) is 3.24. The molecule has 0 amide bonds. The number of aliphatic imine (C=N–C) groups is 1. The van der Waals surface area contributed by atoms with Crippen LogP contribution < -0.4 is 0 Å². The summed E-state index contributed by atoms with van der Waals surface area (Å²) in [6.45, 7) is 0. The van der Waals surface area contributed by atoms with Gasteiger partial charge in [0.05, 0.1) is 12.2 Å². The average molecular weight is 221 g/mol. The third kappa shape index (κ3) is 2.21. The van der Waals surface area contributed by atoms with E-state index in [1.807, 2.05) is 30.3 Å². The van der Waals surface area contributed by atoms with E-state index in [2.05, 4.69) is 9.73 Å². The van der Waals surface area contributed by atoms with Crippen LogP contribution in [0.4, 0.5) is 0 Å². The van der Waals surface area contributed by atoms with Gasteiger partial charge in [0.15, 0.2) is 6.04 Å². The molecule has 4 heteroatoms. The van der Waals surface area contributed by atoms with Gasteiger partial charge in [0.25, 0.3) is 0 Å². The summed E-state index contributed by atoms with van der Waals surface area (Å²) in [5.41, 5.74) is 1.06. The van der Waals surface area contributed by atoms with Crippen LogP contribution >= 0.6 is 11.8 Å². The first-order chi connectivity index (χ1) is 7.31. The van der Waals surface area contributed by atoms with Crippen LogP contribution in [-0.4, -0.2) is 29.9 Å². The number of benzene rings is 1. The van der Waals surface area contributed by atoms with Gasteiger partial charge in [0.2, 0.25) is 0 Å². The van der Waals surface area contributed by atoms with E-state index in [0.29, 0.717) is 5.75 Å². The second-order valence-corrected chi connectivity index (χ2v) is 4.16. The number of carbonyl (C=O) groups excluding carboxylic acids is 1. The number of methoxy groups -OCH3 is 1. The minimum absolute atomic E-state index is 0.256. The summed E-state index contributed by atoms with van der Waals surface area (Å²) in [4.78, 5) is 15.6. The zero-order chi connectivity index (χ0) is 10.7. The average Bonchev–Trinajstić information content (AvgIpc) is 2.78. The van der Waals surface area contributed by atoms with E-state index in [1.165, 1.54) is 7.11 Å². The Morgan fingerprint density at radius 3 is 2.87 bits per heavy atom. The first-order valence-corrected chi connectivity index (χ1v) is 5.63. The summed E-state index contributed by atoms with van der Waals surface area (Å²) < 4.78 is 4.66. The normalized spacial score (nSPS) is 19.8. The lowest BCUT2D eigenvalue weighted by molar-refractivity contribution is -0.141. The van der Waals surface area contributed by atoms with Crippen LogP contribution in [0.25, 0.3) is 0 Å². The zero-order valence-electron chi connectivity index (χ0n) is 8.34. The highest BCUT2D eigenvalue weighted by molar-refractivity contribution is 8.14. The molecule has 1 aromatic carbocycles. The van der Waals surface area contributed by atoms with Crippen molar-refractivity contribution in [3.05, 3.63) is 35.9 Å². The van der Waals surface area contributed by atoms with Crippen molar-refractivity contribution in [1.29, 1.82) is 0 Å². The highest BCUT2D eigenvalue weighted by atomic mass is 32.2. The van der Waals surface area contributed by atoms with Crippen LogP contribution in [0.2, 0.25) is 0 Å². The van der Waals surface area contributed by atoms with Crippen LogP contribution in [0.15, 0.2) is 35.3 Å². The van der Waals surface area contributed by atoms with Gasteiger partial charge in [-0.05, 0) is 0 Å². The number of ether oxygens (including phenoxy) is 1. The van der Waals surface area contributed by atoms with Crippen molar-refractivity contribution in [2.45, 2.75) is 6.04 Å². The Balaban J connectivity index is 2.17. The molecule has 78 valence electrons. The quantitative estimate of drug-likeness (QED) is 0.714. The molecule has 0 aliphatic carbocycles. The molecule has 1 aliphatic heterocycles. The molecular weight excluding hydrogens is 210 g/mol. The summed E-state index contributed by atoms with van der Waals surface area (Å²) in [6, 6.07) is 9.53. The number of rotatable bonds is 2. The molecule has 1 aliphatic rings. The van der Waals surface area contributed by atoms with Crippen molar-refractivity contribution in [3.63, 3.8) is 0 Å². The van der Waals surface area contributed by atoms with Gasteiger partial charge in [0.1, 0.15) is 0 Å². The predicted molar refractivity (Wildman–Crippen MR) is 61.2 cm³/mol. The van der Waals surface area contributed by atoms with Gasteiger partial charge < -0.3 is 4.74 Å². The summed E-state index contributed by atoms with van der Waals surface area (Å²) in [6.07, 6.45) is 0. The maximum Gasteiger partial charge on any atom is 0.331 e.